The molecule has 2 fully saturated rings. The molecule has 1 aromatic heterocycles. The molecule has 1 aliphatic carbocycles. The van der Waals surface area contributed by atoms with Gasteiger partial charge in [-0.05, 0) is 62.3 Å². The highest BCUT2D eigenvalue weighted by atomic mass is 35.5. The highest BCUT2D eigenvalue weighted by Gasteiger charge is 2.27. The number of carbonyl (C=O) groups is 1. The van der Waals surface area contributed by atoms with Gasteiger partial charge in [-0.15, -0.1) is 0 Å². The molecule has 2 aliphatic rings. The van der Waals surface area contributed by atoms with Gasteiger partial charge in [-0.2, -0.15) is 0 Å². The number of hydrogen-bond donors (Lipinski definition) is 2. The molecule has 1 aromatic carbocycles. The van der Waals surface area contributed by atoms with E-state index >= 15 is 0 Å². The van der Waals surface area contributed by atoms with Crippen LogP contribution >= 0.6 is 11.6 Å². The predicted octanol–water partition coefficient (Wildman–Crippen LogP) is 4.65. The van der Waals surface area contributed by atoms with Crippen LogP contribution in [0.3, 0.4) is 0 Å². The Morgan fingerprint density at radius 2 is 2.13 bits per heavy atom. The van der Waals surface area contributed by atoms with Crippen molar-refractivity contribution in [3.05, 3.63) is 34.9 Å². The van der Waals surface area contributed by atoms with Crippen LogP contribution in [0.4, 0.5) is 5.82 Å². The quantitative estimate of drug-likeness (QED) is 0.725. The maximum absolute atomic E-state index is 13.0. The summed E-state index contributed by atoms with van der Waals surface area (Å²) in [7, 11) is 0. The topological polar surface area (TPSA) is 65.5 Å². The number of pyridine rings is 1. The molecule has 0 spiro atoms. The van der Waals surface area contributed by atoms with E-state index in [4.69, 9.17) is 16.6 Å². The van der Waals surface area contributed by atoms with Gasteiger partial charge in [0.05, 0.1) is 22.2 Å². The van der Waals surface area contributed by atoms with Crippen molar-refractivity contribution in [2.24, 2.45) is 17.8 Å². The first-order valence-electron chi connectivity index (χ1n) is 11.2. The summed E-state index contributed by atoms with van der Waals surface area (Å²) in [4.78, 5) is 20.0. The van der Waals surface area contributed by atoms with E-state index < -0.39 is 0 Å². The van der Waals surface area contributed by atoms with E-state index in [1.54, 1.807) is 6.07 Å². The summed E-state index contributed by atoms with van der Waals surface area (Å²) in [6.07, 6.45) is 5.56. The molecule has 4 rings (SSSR count). The van der Waals surface area contributed by atoms with Gasteiger partial charge in [0.1, 0.15) is 5.82 Å². The number of amides is 1. The molecule has 0 radical (unpaired) electrons. The average Bonchev–Trinajstić information content (AvgIpc) is 3.22. The molecule has 5 nitrogen and oxygen atoms in total. The third kappa shape index (κ3) is 4.57. The second kappa shape index (κ2) is 9.11. The highest BCUT2D eigenvalue weighted by Crippen LogP contribution is 2.31. The minimum absolute atomic E-state index is 0.117. The molecular weight excluding hydrogens is 398 g/mol. The van der Waals surface area contributed by atoms with Crippen LogP contribution in [0.5, 0.6) is 0 Å². The molecule has 4 atom stereocenters. The van der Waals surface area contributed by atoms with Crippen LogP contribution in [0, 0.1) is 17.8 Å². The van der Waals surface area contributed by atoms with Gasteiger partial charge >= 0.3 is 0 Å². The number of fused-ring (bicyclic) bond motifs is 1. The second-order valence-corrected chi connectivity index (χ2v) is 9.65. The first-order chi connectivity index (χ1) is 14.4. The zero-order valence-corrected chi connectivity index (χ0v) is 18.7. The monoisotopic (exact) mass is 429 g/mol. The standard InChI is InChI=1S/C24H32ClN3O2/c1-15-4-3-5-17(12-15)13-26-24(30)23-19-6-9-22(27-21(19)8-7-20(23)25)28-11-10-18(14-28)16(2)29/h6-9,15-18,29H,3-5,10-14H2,1-2H3,(H,26,30). The Labute approximate surface area is 183 Å². The molecule has 0 bridgehead atoms. The summed E-state index contributed by atoms with van der Waals surface area (Å²) >= 11 is 6.44. The Morgan fingerprint density at radius 1 is 1.30 bits per heavy atom. The zero-order chi connectivity index (χ0) is 21.3. The Hall–Kier alpha value is -1.85. The second-order valence-electron chi connectivity index (χ2n) is 9.24. The smallest absolute Gasteiger partial charge is 0.253 e. The summed E-state index contributed by atoms with van der Waals surface area (Å²) in [5.41, 5.74) is 1.29. The number of carbonyl (C=O) groups excluding carboxylic acids is 1. The molecule has 1 saturated carbocycles. The summed E-state index contributed by atoms with van der Waals surface area (Å²) in [6, 6.07) is 7.56. The Bertz CT molecular complexity index is 917. The van der Waals surface area contributed by atoms with Crippen molar-refractivity contribution >= 4 is 34.2 Å². The third-order valence-electron chi connectivity index (χ3n) is 6.86. The lowest BCUT2D eigenvalue weighted by Gasteiger charge is -2.26. The molecular formula is C24H32ClN3O2. The SMILES string of the molecule is CC1CCCC(CNC(=O)c2c(Cl)ccc3nc(N4CCC(C(C)O)C4)ccc23)C1. The van der Waals surface area contributed by atoms with Gasteiger partial charge in [0.15, 0.2) is 0 Å². The molecule has 1 saturated heterocycles. The number of nitrogens with zero attached hydrogens (tertiary/aromatic N) is 2. The van der Waals surface area contributed by atoms with E-state index in [2.05, 4.69) is 17.1 Å². The fourth-order valence-corrected chi connectivity index (χ4v) is 5.28. The largest absolute Gasteiger partial charge is 0.393 e. The Kier molecular flexibility index (Phi) is 6.49. The fourth-order valence-electron chi connectivity index (χ4n) is 5.03. The lowest BCUT2D eigenvalue weighted by molar-refractivity contribution is 0.0942. The molecule has 1 aliphatic heterocycles. The van der Waals surface area contributed by atoms with E-state index in [1.807, 2.05) is 25.1 Å². The van der Waals surface area contributed by atoms with Crippen molar-refractivity contribution in [2.45, 2.75) is 52.1 Å². The number of aliphatic hydroxyl groups excluding tert-OH is 1. The van der Waals surface area contributed by atoms with Crippen molar-refractivity contribution in [2.75, 3.05) is 24.5 Å². The number of nitrogens with one attached hydrogen (secondary N) is 1. The number of rotatable bonds is 5. The maximum atomic E-state index is 13.0. The first kappa shape index (κ1) is 21.4. The third-order valence-corrected chi connectivity index (χ3v) is 7.17. The Balaban J connectivity index is 1.52. The number of halogens is 1. The molecule has 6 heteroatoms. The maximum Gasteiger partial charge on any atom is 0.253 e. The number of hydrogen-bond acceptors (Lipinski definition) is 4. The van der Waals surface area contributed by atoms with Crippen molar-refractivity contribution in [1.82, 2.24) is 10.3 Å². The molecule has 1 amide bonds. The molecule has 2 aromatic rings. The van der Waals surface area contributed by atoms with Crippen LogP contribution in [-0.2, 0) is 0 Å². The van der Waals surface area contributed by atoms with Crippen molar-refractivity contribution in [3.63, 3.8) is 0 Å². The van der Waals surface area contributed by atoms with Crippen LogP contribution in [0.15, 0.2) is 24.3 Å². The van der Waals surface area contributed by atoms with Crippen LogP contribution < -0.4 is 10.2 Å². The van der Waals surface area contributed by atoms with Crippen molar-refractivity contribution < 1.29 is 9.90 Å². The zero-order valence-electron chi connectivity index (χ0n) is 17.9. The molecule has 4 unspecified atom stereocenters. The van der Waals surface area contributed by atoms with Gasteiger partial charge in [-0.1, -0.05) is 31.4 Å². The fraction of sp³-hybridized carbons (Fsp3) is 0.583. The van der Waals surface area contributed by atoms with E-state index in [0.717, 1.165) is 42.1 Å². The minimum atomic E-state index is -0.309. The van der Waals surface area contributed by atoms with Gasteiger partial charge in [-0.3, -0.25) is 4.79 Å². The van der Waals surface area contributed by atoms with E-state index in [-0.39, 0.29) is 17.9 Å². The van der Waals surface area contributed by atoms with Crippen molar-refractivity contribution in [1.29, 1.82) is 0 Å². The lowest BCUT2D eigenvalue weighted by atomic mass is 9.82. The number of aromatic nitrogens is 1. The summed E-state index contributed by atoms with van der Waals surface area (Å²) in [5, 5.41) is 14.2. The normalized spacial score (nSPS) is 25.5. The van der Waals surface area contributed by atoms with Crippen LogP contribution in [0.2, 0.25) is 5.02 Å². The summed E-state index contributed by atoms with van der Waals surface area (Å²) in [6.45, 7) is 6.53. The summed E-state index contributed by atoms with van der Waals surface area (Å²) < 4.78 is 0. The molecule has 2 heterocycles. The predicted molar refractivity (Wildman–Crippen MR) is 122 cm³/mol. The molecule has 2 N–H and O–H groups in total. The number of benzene rings is 1. The number of anilines is 1. The number of aliphatic hydroxyl groups is 1. The lowest BCUT2D eigenvalue weighted by Crippen LogP contribution is -2.31. The summed E-state index contributed by atoms with van der Waals surface area (Å²) in [5.74, 6) is 2.33. The van der Waals surface area contributed by atoms with Gasteiger partial charge in [0.25, 0.3) is 5.91 Å². The van der Waals surface area contributed by atoms with Crippen LogP contribution in [-0.4, -0.2) is 41.7 Å². The van der Waals surface area contributed by atoms with Gasteiger partial charge in [0, 0.05) is 30.9 Å². The molecule has 30 heavy (non-hydrogen) atoms. The van der Waals surface area contributed by atoms with Crippen molar-refractivity contribution in [3.8, 4) is 0 Å². The van der Waals surface area contributed by atoms with E-state index in [9.17, 15) is 9.90 Å². The average molecular weight is 430 g/mol. The van der Waals surface area contributed by atoms with Gasteiger partial charge in [-0.25, -0.2) is 4.98 Å². The van der Waals surface area contributed by atoms with E-state index in [0.29, 0.717) is 23.0 Å². The minimum Gasteiger partial charge on any atom is -0.393 e. The van der Waals surface area contributed by atoms with Gasteiger partial charge < -0.3 is 15.3 Å². The highest BCUT2D eigenvalue weighted by molar-refractivity contribution is 6.35. The molecule has 162 valence electrons. The Morgan fingerprint density at radius 3 is 2.87 bits per heavy atom. The van der Waals surface area contributed by atoms with E-state index in [1.165, 1.54) is 25.7 Å². The van der Waals surface area contributed by atoms with Crippen LogP contribution in [0.25, 0.3) is 10.9 Å². The van der Waals surface area contributed by atoms with Crippen LogP contribution in [0.1, 0.15) is 56.3 Å². The first-order valence-corrected chi connectivity index (χ1v) is 11.6. The van der Waals surface area contributed by atoms with Gasteiger partial charge in [0.2, 0.25) is 0 Å².